The van der Waals surface area contributed by atoms with Gasteiger partial charge in [-0.3, -0.25) is 14.3 Å². The average molecular weight is 330 g/mol. The lowest BCUT2D eigenvalue weighted by Crippen LogP contribution is -2.43. The largest absolute Gasteiger partial charge is 0.314 e. The lowest BCUT2D eigenvalue weighted by molar-refractivity contribution is 0.111. The predicted molar refractivity (Wildman–Crippen MR) is 95.6 cm³/mol. The van der Waals surface area contributed by atoms with E-state index in [1.54, 1.807) is 0 Å². The summed E-state index contributed by atoms with van der Waals surface area (Å²) < 4.78 is 4.03. The molecule has 3 heterocycles. The quantitative estimate of drug-likeness (QED) is 0.844. The minimum atomic E-state index is 0.456. The Morgan fingerprint density at radius 2 is 2.17 bits per heavy atom. The SMILES string of the molecule is CC(CCn1cccn1)NC[C@@H]1CCCN(C)[C@H]1c1ccnn1C. The predicted octanol–water partition coefficient (Wildman–Crippen LogP) is 2.07. The van der Waals surface area contributed by atoms with Crippen molar-refractivity contribution in [1.29, 1.82) is 0 Å². The van der Waals surface area contributed by atoms with E-state index in [0.29, 0.717) is 18.0 Å². The third-order valence-electron chi connectivity index (χ3n) is 5.25. The van der Waals surface area contributed by atoms with Crippen LogP contribution in [0.2, 0.25) is 0 Å². The lowest BCUT2D eigenvalue weighted by Gasteiger charge is -2.39. The molecule has 3 rings (SSSR count). The van der Waals surface area contributed by atoms with Gasteiger partial charge in [0, 0.05) is 44.8 Å². The number of nitrogens with one attached hydrogen (secondary N) is 1. The molecule has 1 aliphatic heterocycles. The Kier molecular flexibility index (Phi) is 5.68. The first-order valence-corrected chi connectivity index (χ1v) is 9.04. The van der Waals surface area contributed by atoms with Crippen LogP contribution in [0.5, 0.6) is 0 Å². The molecule has 0 aliphatic carbocycles. The van der Waals surface area contributed by atoms with Gasteiger partial charge < -0.3 is 5.32 Å². The van der Waals surface area contributed by atoms with Crippen LogP contribution in [0.4, 0.5) is 0 Å². The van der Waals surface area contributed by atoms with E-state index in [9.17, 15) is 0 Å². The summed E-state index contributed by atoms with van der Waals surface area (Å²) in [5.74, 6) is 0.631. The van der Waals surface area contributed by atoms with Crippen LogP contribution in [0.1, 0.15) is 37.9 Å². The number of aromatic nitrogens is 4. The highest BCUT2D eigenvalue weighted by molar-refractivity contribution is 5.10. The molecule has 132 valence electrons. The van der Waals surface area contributed by atoms with Gasteiger partial charge in [0.2, 0.25) is 0 Å². The molecule has 6 nitrogen and oxygen atoms in total. The van der Waals surface area contributed by atoms with Crippen molar-refractivity contribution in [2.24, 2.45) is 13.0 Å². The van der Waals surface area contributed by atoms with E-state index in [1.807, 2.05) is 34.0 Å². The summed E-state index contributed by atoms with van der Waals surface area (Å²) in [6, 6.07) is 5.10. The number of nitrogens with zero attached hydrogens (tertiary/aromatic N) is 5. The molecule has 0 radical (unpaired) electrons. The number of rotatable bonds is 7. The van der Waals surface area contributed by atoms with E-state index < -0.39 is 0 Å². The van der Waals surface area contributed by atoms with Crippen LogP contribution in [0.15, 0.2) is 30.7 Å². The Morgan fingerprint density at radius 1 is 1.29 bits per heavy atom. The van der Waals surface area contributed by atoms with Crippen LogP contribution in [-0.2, 0) is 13.6 Å². The van der Waals surface area contributed by atoms with Crippen molar-refractivity contribution < 1.29 is 0 Å². The van der Waals surface area contributed by atoms with Crippen molar-refractivity contribution in [1.82, 2.24) is 29.8 Å². The fraction of sp³-hybridized carbons (Fsp3) is 0.667. The zero-order chi connectivity index (χ0) is 16.9. The molecule has 0 bridgehead atoms. The number of hydrogen-bond acceptors (Lipinski definition) is 4. The monoisotopic (exact) mass is 330 g/mol. The van der Waals surface area contributed by atoms with E-state index >= 15 is 0 Å². The van der Waals surface area contributed by atoms with Crippen molar-refractivity contribution >= 4 is 0 Å². The molecular formula is C18H30N6. The summed E-state index contributed by atoms with van der Waals surface area (Å²) in [5, 5.41) is 12.4. The minimum Gasteiger partial charge on any atom is -0.314 e. The third kappa shape index (κ3) is 4.05. The molecule has 2 aromatic heterocycles. The highest BCUT2D eigenvalue weighted by atomic mass is 15.3. The van der Waals surface area contributed by atoms with Crippen molar-refractivity contribution in [3.8, 4) is 0 Å². The molecule has 3 atom stereocenters. The van der Waals surface area contributed by atoms with Crippen molar-refractivity contribution in [3.05, 3.63) is 36.4 Å². The molecule has 24 heavy (non-hydrogen) atoms. The van der Waals surface area contributed by atoms with Crippen LogP contribution in [0.25, 0.3) is 0 Å². The summed E-state index contributed by atoms with van der Waals surface area (Å²) in [4.78, 5) is 2.49. The van der Waals surface area contributed by atoms with E-state index in [4.69, 9.17) is 0 Å². The van der Waals surface area contributed by atoms with Gasteiger partial charge in [0.05, 0.1) is 11.7 Å². The Labute approximate surface area is 144 Å². The Hall–Kier alpha value is -1.66. The third-order valence-corrected chi connectivity index (χ3v) is 5.25. The molecule has 2 aromatic rings. The molecule has 1 fully saturated rings. The maximum absolute atomic E-state index is 4.37. The van der Waals surface area contributed by atoms with Crippen molar-refractivity contribution in [2.45, 2.75) is 44.8 Å². The first-order valence-electron chi connectivity index (χ1n) is 9.04. The highest BCUT2D eigenvalue weighted by Crippen LogP contribution is 2.34. The van der Waals surface area contributed by atoms with Gasteiger partial charge in [-0.15, -0.1) is 0 Å². The molecule has 0 aromatic carbocycles. The Balaban J connectivity index is 1.55. The average Bonchev–Trinajstić information content (AvgIpc) is 3.23. The summed E-state index contributed by atoms with van der Waals surface area (Å²) in [7, 11) is 4.29. The summed E-state index contributed by atoms with van der Waals surface area (Å²) in [6.07, 6.45) is 9.43. The second-order valence-electron chi connectivity index (χ2n) is 7.07. The standard InChI is InChI=1S/C18H30N6/c1-15(8-13-24-12-5-9-21-24)19-14-16-6-4-11-22(2)18(16)17-7-10-20-23(17)3/h5,7,9-10,12,15-16,18-19H,4,6,8,11,13-14H2,1-3H3/t15?,16-,18+/m0/s1. The van der Waals surface area contributed by atoms with Gasteiger partial charge in [-0.05, 0) is 57.8 Å². The summed E-state index contributed by atoms with van der Waals surface area (Å²) in [5.41, 5.74) is 1.33. The van der Waals surface area contributed by atoms with Crippen LogP contribution in [0, 0.1) is 5.92 Å². The molecule has 1 unspecified atom stereocenters. The van der Waals surface area contributed by atoms with Gasteiger partial charge in [0.1, 0.15) is 0 Å². The maximum atomic E-state index is 4.37. The molecule has 0 spiro atoms. The van der Waals surface area contributed by atoms with Gasteiger partial charge in [0.25, 0.3) is 0 Å². The Bertz CT molecular complexity index is 605. The molecule has 1 aliphatic rings. The molecular weight excluding hydrogens is 300 g/mol. The van der Waals surface area contributed by atoms with Crippen molar-refractivity contribution in [3.63, 3.8) is 0 Å². The van der Waals surface area contributed by atoms with E-state index in [0.717, 1.165) is 19.5 Å². The fourth-order valence-electron chi connectivity index (χ4n) is 3.83. The number of likely N-dealkylation sites (tertiary alicyclic amines) is 1. The van der Waals surface area contributed by atoms with E-state index in [2.05, 4.69) is 47.5 Å². The first-order chi connectivity index (χ1) is 11.6. The first kappa shape index (κ1) is 17.2. The van der Waals surface area contributed by atoms with Crippen LogP contribution in [0.3, 0.4) is 0 Å². The van der Waals surface area contributed by atoms with Gasteiger partial charge in [-0.2, -0.15) is 10.2 Å². The molecule has 1 N–H and O–H groups in total. The zero-order valence-corrected chi connectivity index (χ0v) is 15.1. The minimum absolute atomic E-state index is 0.456. The maximum Gasteiger partial charge on any atom is 0.0555 e. The second kappa shape index (κ2) is 7.94. The lowest BCUT2D eigenvalue weighted by atomic mass is 9.87. The van der Waals surface area contributed by atoms with E-state index in [-0.39, 0.29) is 0 Å². The summed E-state index contributed by atoms with van der Waals surface area (Å²) in [6.45, 7) is 5.47. The number of hydrogen-bond donors (Lipinski definition) is 1. The highest BCUT2D eigenvalue weighted by Gasteiger charge is 2.32. The molecule has 0 saturated carbocycles. The second-order valence-corrected chi connectivity index (χ2v) is 7.07. The van der Waals surface area contributed by atoms with Gasteiger partial charge in [0.15, 0.2) is 0 Å². The van der Waals surface area contributed by atoms with Crippen LogP contribution < -0.4 is 5.32 Å². The van der Waals surface area contributed by atoms with Crippen LogP contribution >= 0.6 is 0 Å². The van der Waals surface area contributed by atoms with Gasteiger partial charge in [-0.25, -0.2) is 0 Å². The fourth-order valence-corrected chi connectivity index (χ4v) is 3.83. The smallest absolute Gasteiger partial charge is 0.0555 e. The molecule has 1 saturated heterocycles. The number of aryl methyl sites for hydroxylation is 2. The zero-order valence-electron chi connectivity index (χ0n) is 15.1. The van der Waals surface area contributed by atoms with Gasteiger partial charge in [-0.1, -0.05) is 0 Å². The van der Waals surface area contributed by atoms with Crippen molar-refractivity contribution in [2.75, 3.05) is 20.1 Å². The Morgan fingerprint density at radius 3 is 2.88 bits per heavy atom. The van der Waals surface area contributed by atoms with Gasteiger partial charge >= 0.3 is 0 Å². The topological polar surface area (TPSA) is 50.9 Å². The van der Waals surface area contributed by atoms with E-state index in [1.165, 1.54) is 25.1 Å². The molecule has 6 heteroatoms. The normalized spacial score (nSPS) is 23.5. The van der Waals surface area contributed by atoms with Crippen LogP contribution in [-0.4, -0.2) is 50.6 Å². The number of piperidine rings is 1. The summed E-state index contributed by atoms with van der Waals surface area (Å²) >= 11 is 0. The molecule has 0 amide bonds.